The molecule has 3 aromatic carbocycles. The normalized spacial score (nSPS) is 19.1. The number of rotatable bonds is 7. The first kappa shape index (κ1) is 28.0. The summed E-state index contributed by atoms with van der Waals surface area (Å²) in [5, 5.41) is 16.3. The molecule has 4 amide bonds. The summed E-state index contributed by atoms with van der Waals surface area (Å²) in [6.45, 7) is 0.554. The number of fused-ring (bicyclic) bond motifs is 1. The van der Waals surface area contributed by atoms with Crippen molar-refractivity contribution in [2.45, 2.75) is 31.7 Å². The number of nitrogens with one attached hydrogen (secondary N) is 1. The zero-order valence-electron chi connectivity index (χ0n) is 22.3. The third-order valence-corrected chi connectivity index (χ3v) is 7.50. The molecule has 2 atom stereocenters. The van der Waals surface area contributed by atoms with Crippen LogP contribution in [0.15, 0.2) is 78.9 Å². The second-order valence-corrected chi connectivity index (χ2v) is 10.5. The highest BCUT2D eigenvalue weighted by molar-refractivity contribution is 6.30. The number of aromatic hydroxyl groups is 1. The minimum absolute atomic E-state index is 0.0442. The predicted octanol–water partition coefficient (Wildman–Crippen LogP) is 3.23. The van der Waals surface area contributed by atoms with Gasteiger partial charge in [0.05, 0.1) is 19.6 Å². The van der Waals surface area contributed by atoms with Gasteiger partial charge in [-0.1, -0.05) is 72.1 Å². The van der Waals surface area contributed by atoms with E-state index in [0.29, 0.717) is 5.02 Å². The Morgan fingerprint density at radius 3 is 2.34 bits per heavy atom. The lowest BCUT2D eigenvalue weighted by atomic mass is 9.98. The second-order valence-electron chi connectivity index (χ2n) is 10.0. The Kier molecular flexibility index (Phi) is 8.43. The molecular formula is C31H30ClN5O4. The molecule has 2 N–H and O–H groups in total. The third-order valence-electron chi connectivity index (χ3n) is 7.25. The molecule has 2 aliphatic rings. The van der Waals surface area contributed by atoms with E-state index >= 15 is 0 Å². The summed E-state index contributed by atoms with van der Waals surface area (Å²) in [5.74, 6) is 2.13. The van der Waals surface area contributed by atoms with Crippen molar-refractivity contribution >= 4 is 29.4 Å². The lowest BCUT2D eigenvalue weighted by Crippen LogP contribution is -2.76. The highest BCUT2D eigenvalue weighted by atomic mass is 35.5. The maximum atomic E-state index is 14.0. The van der Waals surface area contributed by atoms with Gasteiger partial charge in [-0.05, 0) is 41.0 Å². The summed E-state index contributed by atoms with van der Waals surface area (Å²) >= 11 is 6.07. The highest BCUT2D eigenvalue weighted by Crippen LogP contribution is 2.29. The molecule has 5 rings (SSSR count). The van der Waals surface area contributed by atoms with Crippen LogP contribution in [0.4, 0.5) is 4.79 Å². The number of halogens is 1. The number of benzene rings is 3. The molecule has 0 saturated carbocycles. The van der Waals surface area contributed by atoms with E-state index in [2.05, 4.69) is 11.2 Å². The van der Waals surface area contributed by atoms with E-state index in [9.17, 15) is 19.5 Å². The number of urea groups is 1. The molecule has 9 nitrogen and oxygen atoms in total. The number of phenolic OH excluding ortho intramolecular Hbond substituents is 1. The Balaban J connectivity index is 1.49. The minimum Gasteiger partial charge on any atom is -0.508 e. The van der Waals surface area contributed by atoms with Crippen molar-refractivity contribution in [2.75, 3.05) is 19.6 Å². The molecule has 41 heavy (non-hydrogen) atoms. The molecule has 2 fully saturated rings. The maximum Gasteiger partial charge on any atom is 0.334 e. The lowest BCUT2D eigenvalue weighted by molar-refractivity contribution is -0.189. The van der Waals surface area contributed by atoms with Crippen molar-refractivity contribution < 1.29 is 19.5 Å². The molecule has 0 radical (unpaired) electrons. The summed E-state index contributed by atoms with van der Waals surface area (Å²) in [6, 6.07) is 21.9. The van der Waals surface area contributed by atoms with Gasteiger partial charge in [-0.15, -0.1) is 6.42 Å². The Morgan fingerprint density at radius 2 is 1.66 bits per heavy atom. The number of hydrogen-bond acceptors (Lipinski definition) is 5. The standard InChI is InChI=1S/C31H30ClN5O4/c1-2-16-35-21-29(39)36-27(17-22-10-14-26(38)15-11-22)30(40)34(19-24-8-12-25(32)13-9-24)20-28(36)37(35)31(41)33-18-23-6-4-3-5-7-23/h1,3-15,27-28,38H,16-21H2,(H,33,41)/t27-,28-/m0/s1. The number of hydrazine groups is 1. The van der Waals surface area contributed by atoms with E-state index in [1.807, 2.05) is 42.5 Å². The van der Waals surface area contributed by atoms with Crippen molar-refractivity contribution in [3.8, 4) is 18.1 Å². The molecule has 210 valence electrons. The summed E-state index contributed by atoms with van der Waals surface area (Å²) < 4.78 is 0. The number of terminal acetylenes is 1. The number of amides is 4. The van der Waals surface area contributed by atoms with Crippen LogP contribution in [0.2, 0.25) is 5.02 Å². The Morgan fingerprint density at radius 1 is 0.976 bits per heavy atom. The zero-order chi connectivity index (χ0) is 28.9. The SMILES string of the molecule is C#CCN1CC(=O)N2[C@@H](Cc3ccc(O)cc3)C(=O)N(Cc3ccc(Cl)cc3)C[C@@H]2N1C(=O)NCc1ccccc1. The molecule has 2 heterocycles. The van der Waals surface area contributed by atoms with Crippen molar-refractivity contribution in [1.29, 1.82) is 0 Å². The summed E-state index contributed by atoms with van der Waals surface area (Å²) in [7, 11) is 0. The van der Waals surface area contributed by atoms with Crippen LogP contribution in [0.5, 0.6) is 5.75 Å². The second kappa shape index (κ2) is 12.3. The number of carbonyl (C=O) groups excluding carboxylic acids is 3. The summed E-state index contributed by atoms with van der Waals surface area (Å²) in [6.07, 6.45) is 5.07. The van der Waals surface area contributed by atoms with E-state index < -0.39 is 18.2 Å². The highest BCUT2D eigenvalue weighted by Gasteiger charge is 2.51. The smallest absolute Gasteiger partial charge is 0.334 e. The van der Waals surface area contributed by atoms with Crippen LogP contribution in [-0.2, 0) is 29.1 Å². The molecule has 0 aromatic heterocycles. The maximum absolute atomic E-state index is 14.0. The van der Waals surface area contributed by atoms with Gasteiger partial charge in [0.15, 0.2) is 0 Å². The summed E-state index contributed by atoms with van der Waals surface area (Å²) in [4.78, 5) is 44.5. The lowest BCUT2D eigenvalue weighted by Gasteiger charge is -2.55. The van der Waals surface area contributed by atoms with Crippen molar-refractivity contribution in [1.82, 2.24) is 25.1 Å². The average molecular weight is 572 g/mol. The van der Waals surface area contributed by atoms with Gasteiger partial charge in [0, 0.05) is 24.5 Å². The molecular weight excluding hydrogens is 542 g/mol. The first-order chi connectivity index (χ1) is 19.8. The number of phenols is 1. The molecule has 0 unspecified atom stereocenters. The zero-order valence-corrected chi connectivity index (χ0v) is 23.1. The largest absolute Gasteiger partial charge is 0.508 e. The Hall–Kier alpha value is -4.52. The topological polar surface area (TPSA) is 96.4 Å². The first-order valence-corrected chi connectivity index (χ1v) is 13.6. The van der Waals surface area contributed by atoms with E-state index in [0.717, 1.165) is 16.7 Å². The Labute approximate surface area is 243 Å². The van der Waals surface area contributed by atoms with Crippen LogP contribution >= 0.6 is 11.6 Å². The van der Waals surface area contributed by atoms with Crippen molar-refractivity contribution in [3.05, 3.63) is 101 Å². The first-order valence-electron chi connectivity index (χ1n) is 13.3. The van der Waals surface area contributed by atoms with Crippen LogP contribution in [0.1, 0.15) is 16.7 Å². The van der Waals surface area contributed by atoms with Crippen LogP contribution < -0.4 is 5.32 Å². The molecule has 2 saturated heterocycles. The molecule has 0 bridgehead atoms. The quantitative estimate of drug-likeness (QED) is 0.425. The van der Waals surface area contributed by atoms with E-state index in [1.165, 1.54) is 9.91 Å². The molecule has 2 aliphatic heterocycles. The van der Waals surface area contributed by atoms with Crippen LogP contribution in [0.3, 0.4) is 0 Å². The summed E-state index contributed by atoms with van der Waals surface area (Å²) in [5.41, 5.74) is 2.55. The fourth-order valence-electron chi connectivity index (χ4n) is 5.30. The van der Waals surface area contributed by atoms with Gasteiger partial charge in [0.25, 0.3) is 0 Å². The molecule has 3 aromatic rings. The molecule has 0 spiro atoms. The van der Waals surface area contributed by atoms with Gasteiger partial charge >= 0.3 is 6.03 Å². The van der Waals surface area contributed by atoms with Crippen LogP contribution in [0.25, 0.3) is 0 Å². The molecule has 0 aliphatic carbocycles. The van der Waals surface area contributed by atoms with Crippen molar-refractivity contribution in [2.24, 2.45) is 0 Å². The van der Waals surface area contributed by atoms with Gasteiger partial charge < -0.3 is 20.2 Å². The van der Waals surface area contributed by atoms with E-state index in [4.69, 9.17) is 18.0 Å². The number of hydrogen-bond donors (Lipinski definition) is 2. The van der Waals surface area contributed by atoms with E-state index in [1.54, 1.807) is 46.3 Å². The van der Waals surface area contributed by atoms with Crippen molar-refractivity contribution in [3.63, 3.8) is 0 Å². The monoisotopic (exact) mass is 571 g/mol. The number of carbonyl (C=O) groups is 3. The fourth-order valence-corrected chi connectivity index (χ4v) is 5.43. The van der Waals surface area contributed by atoms with E-state index in [-0.39, 0.29) is 56.7 Å². The minimum atomic E-state index is -0.865. The Bertz CT molecular complexity index is 1440. The predicted molar refractivity (Wildman–Crippen MR) is 154 cm³/mol. The van der Waals surface area contributed by atoms with Gasteiger partial charge in [-0.2, -0.15) is 5.01 Å². The fraction of sp³-hybridized carbons (Fsp3) is 0.258. The average Bonchev–Trinajstić information content (AvgIpc) is 2.97. The van der Waals surface area contributed by atoms with Gasteiger partial charge in [0.2, 0.25) is 11.8 Å². The van der Waals surface area contributed by atoms with Crippen LogP contribution in [-0.4, -0.2) is 74.6 Å². The number of nitrogens with zero attached hydrogens (tertiary/aromatic N) is 4. The van der Waals surface area contributed by atoms with Gasteiger partial charge in [-0.3, -0.25) is 9.59 Å². The van der Waals surface area contributed by atoms with Gasteiger partial charge in [-0.25, -0.2) is 9.80 Å². The molecule has 10 heteroatoms. The third kappa shape index (κ3) is 6.30. The number of piperazine rings is 1. The van der Waals surface area contributed by atoms with Gasteiger partial charge in [0.1, 0.15) is 18.0 Å². The van der Waals surface area contributed by atoms with Crippen LogP contribution in [0, 0.1) is 12.3 Å².